The fraction of sp³-hybridized carbons (Fsp3) is 0.417. The van der Waals surface area contributed by atoms with Crippen LogP contribution in [0.3, 0.4) is 0 Å². The third kappa shape index (κ3) is 5.63. The van der Waals surface area contributed by atoms with Gasteiger partial charge in [-0.2, -0.15) is 0 Å². The van der Waals surface area contributed by atoms with Crippen molar-refractivity contribution in [3.63, 3.8) is 0 Å². The molecule has 32 heavy (non-hydrogen) atoms. The fourth-order valence-electron chi connectivity index (χ4n) is 3.45. The molecule has 3 rings (SSSR count). The predicted molar refractivity (Wildman–Crippen MR) is 118 cm³/mol. The van der Waals surface area contributed by atoms with Crippen molar-refractivity contribution in [3.8, 4) is 23.0 Å². The smallest absolute Gasteiger partial charge is 0.338 e. The highest BCUT2D eigenvalue weighted by atomic mass is 16.5. The second kappa shape index (κ2) is 11.3. The van der Waals surface area contributed by atoms with E-state index in [9.17, 15) is 9.59 Å². The van der Waals surface area contributed by atoms with Gasteiger partial charge in [-0.25, -0.2) is 4.79 Å². The van der Waals surface area contributed by atoms with Crippen LogP contribution in [0.2, 0.25) is 0 Å². The summed E-state index contributed by atoms with van der Waals surface area (Å²) >= 11 is 0. The number of ether oxygens (including phenoxy) is 5. The molecule has 0 fully saturated rings. The Morgan fingerprint density at radius 1 is 1.00 bits per heavy atom. The summed E-state index contributed by atoms with van der Waals surface area (Å²) in [6.45, 7) is 6.81. The zero-order valence-electron chi connectivity index (χ0n) is 18.6. The maximum Gasteiger partial charge on any atom is 0.338 e. The van der Waals surface area contributed by atoms with Crippen molar-refractivity contribution in [1.29, 1.82) is 0 Å². The van der Waals surface area contributed by atoms with Crippen LogP contribution in [0.1, 0.15) is 49.2 Å². The zero-order valence-corrected chi connectivity index (χ0v) is 18.6. The number of rotatable bonds is 10. The average molecular weight is 443 g/mol. The molecule has 1 atom stereocenters. The molecular formula is C24H29NO7. The van der Waals surface area contributed by atoms with E-state index in [1.54, 1.807) is 0 Å². The van der Waals surface area contributed by atoms with E-state index in [-0.39, 0.29) is 17.5 Å². The maximum absolute atomic E-state index is 12.6. The molecule has 0 spiro atoms. The second-order valence-electron chi connectivity index (χ2n) is 6.97. The number of nitrogens with one attached hydrogen (secondary N) is 1. The second-order valence-corrected chi connectivity index (χ2v) is 6.97. The lowest BCUT2D eigenvalue weighted by atomic mass is 10.0. The van der Waals surface area contributed by atoms with Gasteiger partial charge in [0.1, 0.15) is 5.75 Å². The van der Waals surface area contributed by atoms with Crippen molar-refractivity contribution in [2.24, 2.45) is 0 Å². The normalized spacial score (nSPS) is 14.5. The van der Waals surface area contributed by atoms with Gasteiger partial charge in [-0.1, -0.05) is 18.2 Å². The van der Waals surface area contributed by atoms with Crippen LogP contribution in [0.25, 0.3) is 0 Å². The Morgan fingerprint density at radius 2 is 1.66 bits per heavy atom. The Hall–Kier alpha value is -3.42. The SMILES string of the molecule is CCOc1cc(C(=O)OCC(=O)NC2CCOc3ccccc32)cc(OCC)c1OCC. The van der Waals surface area contributed by atoms with E-state index in [1.807, 2.05) is 45.0 Å². The number of carbonyl (C=O) groups is 2. The molecule has 0 bridgehead atoms. The minimum atomic E-state index is -0.655. The van der Waals surface area contributed by atoms with Gasteiger partial charge in [0.05, 0.1) is 38.0 Å². The van der Waals surface area contributed by atoms with Crippen LogP contribution in [0.15, 0.2) is 36.4 Å². The first-order chi connectivity index (χ1) is 15.6. The van der Waals surface area contributed by atoms with Crippen LogP contribution < -0.4 is 24.3 Å². The molecule has 0 aromatic heterocycles. The van der Waals surface area contributed by atoms with Crippen molar-refractivity contribution >= 4 is 11.9 Å². The van der Waals surface area contributed by atoms with E-state index < -0.39 is 12.6 Å². The lowest BCUT2D eigenvalue weighted by Crippen LogP contribution is -2.35. The van der Waals surface area contributed by atoms with E-state index in [2.05, 4.69) is 5.32 Å². The Kier molecular flexibility index (Phi) is 8.19. The zero-order chi connectivity index (χ0) is 22.9. The summed E-state index contributed by atoms with van der Waals surface area (Å²) in [7, 11) is 0. The maximum atomic E-state index is 12.6. The molecular weight excluding hydrogens is 414 g/mol. The first-order valence-corrected chi connectivity index (χ1v) is 10.8. The number of benzene rings is 2. The van der Waals surface area contributed by atoms with Gasteiger partial charge in [0.15, 0.2) is 18.1 Å². The summed E-state index contributed by atoms with van der Waals surface area (Å²) in [6.07, 6.45) is 0.644. The summed E-state index contributed by atoms with van der Waals surface area (Å²) in [6, 6.07) is 10.4. The summed E-state index contributed by atoms with van der Waals surface area (Å²) in [5.41, 5.74) is 1.12. The van der Waals surface area contributed by atoms with Crippen LogP contribution in [0, 0.1) is 0 Å². The molecule has 1 heterocycles. The van der Waals surface area contributed by atoms with Crippen molar-refractivity contribution in [1.82, 2.24) is 5.32 Å². The first-order valence-electron chi connectivity index (χ1n) is 10.8. The Bertz CT molecular complexity index is 917. The third-order valence-electron chi connectivity index (χ3n) is 4.77. The molecule has 0 saturated heterocycles. The van der Waals surface area contributed by atoms with Gasteiger partial charge >= 0.3 is 5.97 Å². The summed E-state index contributed by atoms with van der Waals surface area (Å²) in [5.74, 6) is 0.913. The number of amides is 1. The number of carbonyl (C=O) groups excluding carboxylic acids is 2. The van der Waals surface area contributed by atoms with E-state index in [4.69, 9.17) is 23.7 Å². The molecule has 1 aliphatic heterocycles. The molecule has 1 amide bonds. The minimum Gasteiger partial charge on any atom is -0.493 e. The highest BCUT2D eigenvalue weighted by molar-refractivity contribution is 5.93. The van der Waals surface area contributed by atoms with E-state index in [0.717, 1.165) is 11.3 Å². The van der Waals surface area contributed by atoms with Crippen LogP contribution in [0.5, 0.6) is 23.0 Å². The van der Waals surface area contributed by atoms with Crippen LogP contribution in [-0.4, -0.2) is 44.9 Å². The quantitative estimate of drug-likeness (QED) is 0.560. The number of hydrogen-bond donors (Lipinski definition) is 1. The van der Waals surface area contributed by atoms with Gasteiger partial charge in [-0.15, -0.1) is 0 Å². The van der Waals surface area contributed by atoms with Gasteiger partial charge in [-0.3, -0.25) is 4.79 Å². The van der Waals surface area contributed by atoms with Crippen LogP contribution >= 0.6 is 0 Å². The molecule has 8 heteroatoms. The number of hydrogen-bond acceptors (Lipinski definition) is 7. The van der Waals surface area contributed by atoms with E-state index in [1.165, 1.54) is 12.1 Å². The largest absolute Gasteiger partial charge is 0.493 e. The molecule has 0 aliphatic carbocycles. The van der Waals surface area contributed by atoms with Crippen LogP contribution in [0.4, 0.5) is 0 Å². The predicted octanol–water partition coefficient (Wildman–Crippen LogP) is 3.68. The summed E-state index contributed by atoms with van der Waals surface area (Å²) in [4.78, 5) is 25.1. The lowest BCUT2D eigenvalue weighted by molar-refractivity contribution is -0.125. The lowest BCUT2D eigenvalue weighted by Gasteiger charge is -2.26. The molecule has 1 N–H and O–H groups in total. The monoisotopic (exact) mass is 443 g/mol. The third-order valence-corrected chi connectivity index (χ3v) is 4.77. The molecule has 0 saturated carbocycles. The van der Waals surface area contributed by atoms with Gasteiger partial charge < -0.3 is 29.0 Å². The number of para-hydroxylation sites is 1. The molecule has 1 aliphatic rings. The Morgan fingerprint density at radius 3 is 2.31 bits per heavy atom. The number of fused-ring (bicyclic) bond motifs is 1. The summed E-state index contributed by atoms with van der Waals surface area (Å²) in [5, 5.41) is 2.91. The van der Waals surface area contributed by atoms with Gasteiger partial charge in [0, 0.05) is 12.0 Å². The summed E-state index contributed by atoms with van der Waals surface area (Å²) < 4.78 is 27.7. The molecule has 2 aromatic rings. The highest BCUT2D eigenvalue weighted by Gasteiger charge is 2.24. The van der Waals surface area contributed by atoms with Crippen molar-refractivity contribution in [3.05, 3.63) is 47.5 Å². The molecule has 1 unspecified atom stereocenters. The van der Waals surface area contributed by atoms with Crippen molar-refractivity contribution < 1.29 is 33.3 Å². The first kappa shape index (κ1) is 23.2. The van der Waals surface area contributed by atoms with Gasteiger partial charge in [0.25, 0.3) is 5.91 Å². The molecule has 172 valence electrons. The van der Waals surface area contributed by atoms with E-state index >= 15 is 0 Å². The standard InChI is InChI=1S/C24H29NO7/c1-4-28-20-13-16(14-21(29-5-2)23(20)30-6-3)24(27)32-15-22(26)25-18-11-12-31-19-10-8-7-9-17(18)19/h7-10,13-14,18H,4-6,11-12,15H2,1-3H3,(H,25,26). The Balaban J connectivity index is 1.67. The topological polar surface area (TPSA) is 92.3 Å². The van der Waals surface area contributed by atoms with Crippen LogP contribution in [-0.2, 0) is 9.53 Å². The fourth-order valence-corrected chi connectivity index (χ4v) is 3.45. The minimum absolute atomic E-state index is 0.189. The highest BCUT2D eigenvalue weighted by Crippen LogP contribution is 2.39. The van der Waals surface area contributed by atoms with Crippen molar-refractivity contribution in [2.45, 2.75) is 33.2 Å². The van der Waals surface area contributed by atoms with Gasteiger partial charge in [0.2, 0.25) is 5.75 Å². The molecule has 2 aromatic carbocycles. The Labute approximate surface area is 187 Å². The molecule has 0 radical (unpaired) electrons. The molecule has 8 nitrogen and oxygen atoms in total. The van der Waals surface area contributed by atoms with E-state index in [0.29, 0.717) is 50.1 Å². The number of esters is 1. The van der Waals surface area contributed by atoms with Gasteiger partial charge in [-0.05, 0) is 39.0 Å². The van der Waals surface area contributed by atoms with Crippen molar-refractivity contribution in [2.75, 3.05) is 33.0 Å². The average Bonchev–Trinajstić information content (AvgIpc) is 2.80.